The van der Waals surface area contributed by atoms with Crippen molar-refractivity contribution in [2.24, 2.45) is 0 Å². The molecule has 0 fully saturated rings. The van der Waals surface area contributed by atoms with Crippen LogP contribution in [0.5, 0.6) is 5.75 Å². The Morgan fingerprint density at radius 2 is 2.13 bits per heavy atom. The number of aromatic nitrogens is 2. The molecule has 0 spiro atoms. The van der Waals surface area contributed by atoms with Crippen LogP contribution in [0.15, 0.2) is 30.6 Å². The van der Waals surface area contributed by atoms with E-state index in [1.54, 1.807) is 38.1 Å². The third kappa shape index (κ3) is 2.93. The zero-order valence-electron chi connectivity index (χ0n) is 12.6. The minimum Gasteiger partial charge on any atom is -0.485 e. The first-order chi connectivity index (χ1) is 10.9. The number of rotatable bonds is 2. The molecule has 1 aromatic carbocycles. The normalized spacial score (nSPS) is 21.7. The maximum atomic E-state index is 10.7. The Bertz CT molecular complexity index is 788. The van der Waals surface area contributed by atoms with Crippen LogP contribution in [0.2, 0.25) is 5.15 Å². The number of aliphatic hydroxyl groups is 1. The van der Waals surface area contributed by atoms with E-state index in [1.807, 2.05) is 0 Å². The Labute approximate surface area is 138 Å². The van der Waals surface area contributed by atoms with Crippen LogP contribution in [0.3, 0.4) is 0 Å². The number of halogens is 1. The highest BCUT2D eigenvalue weighted by atomic mass is 35.5. The van der Waals surface area contributed by atoms with Gasteiger partial charge in [-0.15, -0.1) is 0 Å². The standard InChI is InChI=1S/C16H15ClN4O2/c1-16(2)15(22)14(21-13-6-12(17)19-8-20-13)10-5-9(7-18)3-4-11(10)23-16/h3-6,8,14-15,22H,1-2H3,(H,19,20,21)/t14-,15+/m1/s1. The molecule has 118 valence electrons. The zero-order valence-corrected chi connectivity index (χ0v) is 13.4. The Morgan fingerprint density at radius 3 is 2.83 bits per heavy atom. The molecule has 2 heterocycles. The molecule has 23 heavy (non-hydrogen) atoms. The fourth-order valence-corrected chi connectivity index (χ4v) is 2.74. The SMILES string of the molecule is CC1(C)Oc2ccc(C#N)cc2[C@@H](Nc2cc(Cl)ncn2)[C@@H]1O. The van der Waals surface area contributed by atoms with Crippen molar-refractivity contribution in [3.63, 3.8) is 0 Å². The van der Waals surface area contributed by atoms with Crippen molar-refractivity contribution in [2.75, 3.05) is 5.32 Å². The van der Waals surface area contributed by atoms with Crippen molar-refractivity contribution in [1.29, 1.82) is 5.26 Å². The van der Waals surface area contributed by atoms with E-state index >= 15 is 0 Å². The molecule has 3 rings (SSSR count). The molecule has 2 aromatic rings. The van der Waals surface area contributed by atoms with Crippen LogP contribution in [-0.2, 0) is 0 Å². The van der Waals surface area contributed by atoms with Crippen LogP contribution in [0, 0.1) is 11.3 Å². The summed E-state index contributed by atoms with van der Waals surface area (Å²) in [7, 11) is 0. The maximum absolute atomic E-state index is 10.7. The van der Waals surface area contributed by atoms with Crippen molar-refractivity contribution in [3.05, 3.63) is 46.9 Å². The van der Waals surface area contributed by atoms with Crippen LogP contribution < -0.4 is 10.1 Å². The summed E-state index contributed by atoms with van der Waals surface area (Å²) in [5, 5.41) is 23.3. The molecule has 1 aromatic heterocycles. The number of nitrogens with one attached hydrogen (secondary N) is 1. The van der Waals surface area contributed by atoms with Crippen LogP contribution in [0.1, 0.15) is 31.0 Å². The molecule has 0 saturated carbocycles. The quantitative estimate of drug-likeness (QED) is 0.823. The molecule has 0 amide bonds. The van der Waals surface area contributed by atoms with Gasteiger partial charge in [0.1, 0.15) is 34.8 Å². The second-order valence-electron chi connectivity index (χ2n) is 5.86. The van der Waals surface area contributed by atoms with E-state index in [9.17, 15) is 5.11 Å². The number of hydrogen-bond acceptors (Lipinski definition) is 6. The summed E-state index contributed by atoms with van der Waals surface area (Å²) in [6.45, 7) is 3.61. The predicted molar refractivity (Wildman–Crippen MR) is 85.3 cm³/mol. The molecule has 1 aliphatic rings. The summed E-state index contributed by atoms with van der Waals surface area (Å²) < 4.78 is 5.86. The highest BCUT2D eigenvalue weighted by Crippen LogP contribution is 2.41. The van der Waals surface area contributed by atoms with Crippen molar-refractivity contribution in [3.8, 4) is 11.8 Å². The summed E-state index contributed by atoms with van der Waals surface area (Å²) in [6.07, 6.45) is 0.492. The van der Waals surface area contributed by atoms with Gasteiger partial charge in [0.15, 0.2) is 0 Å². The number of aliphatic hydroxyl groups excluding tert-OH is 1. The molecule has 1 aliphatic heterocycles. The van der Waals surface area contributed by atoms with Gasteiger partial charge in [-0.05, 0) is 32.0 Å². The maximum Gasteiger partial charge on any atom is 0.134 e. The van der Waals surface area contributed by atoms with E-state index in [0.717, 1.165) is 0 Å². The monoisotopic (exact) mass is 330 g/mol. The van der Waals surface area contributed by atoms with Gasteiger partial charge < -0.3 is 15.2 Å². The number of ether oxygens (including phenoxy) is 1. The molecule has 2 atom stereocenters. The molecule has 0 unspecified atom stereocenters. The average molecular weight is 331 g/mol. The average Bonchev–Trinajstić information content (AvgIpc) is 2.51. The molecular formula is C16H15ClN4O2. The lowest BCUT2D eigenvalue weighted by Gasteiger charge is -2.42. The summed E-state index contributed by atoms with van der Waals surface area (Å²) >= 11 is 5.88. The predicted octanol–water partition coefficient (Wildman–Crippen LogP) is 2.69. The fourth-order valence-electron chi connectivity index (χ4n) is 2.60. The molecule has 2 N–H and O–H groups in total. The van der Waals surface area contributed by atoms with Gasteiger partial charge in [-0.3, -0.25) is 0 Å². The van der Waals surface area contributed by atoms with Gasteiger partial charge in [0.05, 0.1) is 17.7 Å². The summed E-state index contributed by atoms with van der Waals surface area (Å²) in [4.78, 5) is 7.94. The number of benzene rings is 1. The first kappa shape index (κ1) is 15.5. The van der Waals surface area contributed by atoms with E-state index < -0.39 is 17.7 Å². The van der Waals surface area contributed by atoms with E-state index in [1.165, 1.54) is 6.33 Å². The molecular weight excluding hydrogens is 316 g/mol. The van der Waals surface area contributed by atoms with Gasteiger partial charge in [-0.2, -0.15) is 5.26 Å². The number of fused-ring (bicyclic) bond motifs is 1. The van der Waals surface area contributed by atoms with Crippen LogP contribution >= 0.6 is 11.6 Å². The van der Waals surface area contributed by atoms with Crippen LogP contribution in [0.4, 0.5) is 5.82 Å². The third-order valence-electron chi connectivity index (χ3n) is 3.81. The second-order valence-corrected chi connectivity index (χ2v) is 6.25. The van der Waals surface area contributed by atoms with Crippen LogP contribution in [0.25, 0.3) is 0 Å². The number of nitrogens with zero attached hydrogens (tertiary/aromatic N) is 3. The van der Waals surface area contributed by atoms with Gasteiger partial charge in [-0.1, -0.05) is 11.6 Å². The van der Waals surface area contributed by atoms with Gasteiger partial charge in [0.25, 0.3) is 0 Å². The fraction of sp³-hybridized carbons (Fsp3) is 0.312. The van der Waals surface area contributed by atoms with Crippen LogP contribution in [-0.4, -0.2) is 26.8 Å². The summed E-state index contributed by atoms with van der Waals surface area (Å²) in [6, 6.07) is 8.30. The molecule has 6 nitrogen and oxygen atoms in total. The zero-order chi connectivity index (χ0) is 16.6. The van der Waals surface area contributed by atoms with E-state index in [0.29, 0.717) is 27.8 Å². The largest absolute Gasteiger partial charge is 0.485 e. The Kier molecular flexibility index (Phi) is 3.84. The number of anilines is 1. The lowest BCUT2D eigenvalue weighted by molar-refractivity contribution is -0.0533. The van der Waals surface area contributed by atoms with Gasteiger partial charge >= 0.3 is 0 Å². The van der Waals surface area contributed by atoms with E-state index in [-0.39, 0.29) is 0 Å². The second kappa shape index (κ2) is 5.69. The summed E-state index contributed by atoms with van der Waals surface area (Å²) in [5.74, 6) is 1.11. The Morgan fingerprint density at radius 1 is 1.35 bits per heavy atom. The molecule has 7 heteroatoms. The topological polar surface area (TPSA) is 91.1 Å². The van der Waals surface area contributed by atoms with Crippen molar-refractivity contribution < 1.29 is 9.84 Å². The molecule has 0 saturated heterocycles. The molecule has 0 aliphatic carbocycles. The number of nitriles is 1. The van der Waals surface area contributed by atoms with Gasteiger partial charge in [0.2, 0.25) is 0 Å². The van der Waals surface area contributed by atoms with Gasteiger partial charge in [-0.25, -0.2) is 9.97 Å². The Hall–Kier alpha value is -2.36. The van der Waals surface area contributed by atoms with Crippen molar-refractivity contribution in [2.45, 2.75) is 31.6 Å². The molecule has 0 radical (unpaired) electrons. The smallest absolute Gasteiger partial charge is 0.134 e. The van der Waals surface area contributed by atoms with Gasteiger partial charge in [0, 0.05) is 11.6 Å². The lowest BCUT2D eigenvalue weighted by Crippen LogP contribution is -2.50. The van der Waals surface area contributed by atoms with Crippen molar-refractivity contribution in [1.82, 2.24) is 9.97 Å². The third-order valence-corrected chi connectivity index (χ3v) is 4.02. The first-order valence-corrected chi connectivity index (χ1v) is 7.44. The van der Waals surface area contributed by atoms with E-state index in [2.05, 4.69) is 21.4 Å². The summed E-state index contributed by atoms with van der Waals surface area (Å²) in [5.41, 5.74) is 0.396. The number of hydrogen-bond donors (Lipinski definition) is 2. The highest BCUT2D eigenvalue weighted by molar-refractivity contribution is 6.29. The highest BCUT2D eigenvalue weighted by Gasteiger charge is 2.43. The first-order valence-electron chi connectivity index (χ1n) is 7.06. The lowest BCUT2D eigenvalue weighted by atomic mass is 9.86. The molecule has 0 bridgehead atoms. The van der Waals surface area contributed by atoms with Crippen molar-refractivity contribution >= 4 is 17.4 Å². The minimum atomic E-state index is -0.849. The van der Waals surface area contributed by atoms with E-state index in [4.69, 9.17) is 21.6 Å². The Balaban J connectivity index is 2.05. The minimum absolute atomic E-state index is 0.300.